The maximum atomic E-state index is 12.3. The van der Waals surface area contributed by atoms with Crippen LogP contribution in [0.5, 0.6) is 0 Å². The highest BCUT2D eigenvalue weighted by atomic mass is 35.5. The van der Waals surface area contributed by atoms with E-state index in [4.69, 9.17) is 0 Å². The number of halogens is 1. The van der Waals surface area contributed by atoms with Crippen LogP contribution < -0.4 is 5.32 Å². The molecule has 1 amide bonds. The predicted octanol–water partition coefficient (Wildman–Crippen LogP) is 2.76. The Morgan fingerprint density at radius 3 is 2.56 bits per heavy atom. The van der Waals surface area contributed by atoms with Crippen LogP contribution in [0.25, 0.3) is 0 Å². The number of nitrogens with zero attached hydrogens (tertiary/aromatic N) is 1. The molecule has 0 radical (unpaired) electrons. The fourth-order valence-corrected chi connectivity index (χ4v) is 2.46. The van der Waals surface area contributed by atoms with Crippen molar-refractivity contribution >= 4 is 29.7 Å². The maximum Gasteiger partial charge on any atom is 0.227 e. The summed E-state index contributed by atoms with van der Waals surface area (Å²) in [5.41, 5.74) is 0. The number of rotatable bonds is 6. The Labute approximate surface area is 120 Å². The molecule has 1 unspecified atom stereocenters. The maximum absolute atomic E-state index is 12.3. The summed E-state index contributed by atoms with van der Waals surface area (Å²) in [6.07, 6.45) is 0. The van der Waals surface area contributed by atoms with E-state index in [0.29, 0.717) is 0 Å². The van der Waals surface area contributed by atoms with Crippen molar-refractivity contribution in [3.63, 3.8) is 0 Å². The number of amides is 1. The molecule has 1 rings (SSSR count). The van der Waals surface area contributed by atoms with Gasteiger partial charge in [-0.15, -0.1) is 23.7 Å². The van der Waals surface area contributed by atoms with Crippen molar-refractivity contribution in [2.75, 3.05) is 13.6 Å². The van der Waals surface area contributed by atoms with E-state index in [1.165, 1.54) is 4.88 Å². The zero-order chi connectivity index (χ0) is 12.8. The Kier molecular flexibility index (Phi) is 8.24. The van der Waals surface area contributed by atoms with Crippen LogP contribution >= 0.6 is 23.7 Å². The van der Waals surface area contributed by atoms with E-state index in [9.17, 15) is 4.79 Å². The van der Waals surface area contributed by atoms with E-state index in [2.05, 4.69) is 30.6 Å². The fraction of sp³-hybridized carbons (Fsp3) is 0.615. The van der Waals surface area contributed by atoms with Gasteiger partial charge in [0.25, 0.3) is 0 Å². The Bertz CT molecular complexity index is 341. The van der Waals surface area contributed by atoms with E-state index in [1.54, 1.807) is 11.3 Å². The Morgan fingerprint density at radius 2 is 2.11 bits per heavy atom. The molecule has 0 saturated carbocycles. The first-order valence-electron chi connectivity index (χ1n) is 6.03. The molecule has 0 aliphatic carbocycles. The van der Waals surface area contributed by atoms with Crippen LogP contribution in [-0.4, -0.2) is 30.4 Å². The molecule has 1 aromatic heterocycles. The Hall–Kier alpha value is -0.580. The summed E-state index contributed by atoms with van der Waals surface area (Å²) in [6.45, 7) is 7.56. The van der Waals surface area contributed by atoms with Gasteiger partial charge >= 0.3 is 0 Å². The fourth-order valence-electron chi connectivity index (χ4n) is 1.76. The summed E-state index contributed by atoms with van der Waals surface area (Å²) in [5, 5.41) is 5.11. The molecule has 0 saturated heterocycles. The van der Waals surface area contributed by atoms with Gasteiger partial charge in [0.05, 0.1) is 6.54 Å². The zero-order valence-corrected chi connectivity index (χ0v) is 13.1. The first-order valence-corrected chi connectivity index (χ1v) is 6.91. The average Bonchev–Trinajstić information content (AvgIpc) is 2.77. The molecule has 1 aromatic rings. The lowest BCUT2D eigenvalue weighted by atomic mass is 10.1. The normalized spacial score (nSPS) is 12.1. The number of hydrogen-bond donors (Lipinski definition) is 1. The SMILES string of the molecule is CNCC(C)C(=O)N(Cc1cccs1)C(C)C.Cl. The second-order valence-corrected chi connectivity index (χ2v) is 5.63. The first kappa shape index (κ1) is 17.4. The van der Waals surface area contributed by atoms with Gasteiger partial charge in [-0.3, -0.25) is 4.79 Å². The molecule has 0 aliphatic rings. The third-order valence-corrected chi connectivity index (χ3v) is 3.61. The standard InChI is InChI=1S/C13H22N2OS.ClH/c1-10(2)15(9-12-6-5-7-17-12)13(16)11(3)8-14-4;/h5-7,10-11,14H,8-9H2,1-4H3;1H. The molecule has 0 aliphatic heterocycles. The van der Waals surface area contributed by atoms with Crippen molar-refractivity contribution in [1.82, 2.24) is 10.2 Å². The molecule has 1 N–H and O–H groups in total. The molecule has 1 atom stereocenters. The van der Waals surface area contributed by atoms with Gasteiger partial charge in [-0.2, -0.15) is 0 Å². The number of carbonyl (C=O) groups excluding carboxylic acids is 1. The lowest BCUT2D eigenvalue weighted by Gasteiger charge is -2.29. The third kappa shape index (κ3) is 4.96. The van der Waals surface area contributed by atoms with Crippen molar-refractivity contribution in [2.24, 2.45) is 5.92 Å². The van der Waals surface area contributed by atoms with Gasteiger partial charge in [-0.1, -0.05) is 13.0 Å². The van der Waals surface area contributed by atoms with Crippen LogP contribution in [0.2, 0.25) is 0 Å². The molecule has 104 valence electrons. The van der Waals surface area contributed by atoms with Gasteiger partial charge in [0, 0.05) is 23.4 Å². The molecule has 0 bridgehead atoms. The van der Waals surface area contributed by atoms with E-state index in [-0.39, 0.29) is 30.3 Å². The number of nitrogens with one attached hydrogen (secondary N) is 1. The van der Waals surface area contributed by atoms with Crippen LogP contribution in [0.15, 0.2) is 17.5 Å². The minimum atomic E-state index is 0. The van der Waals surface area contributed by atoms with Gasteiger partial charge in [0.1, 0.15) is 0 Å². The summed E-state index contributed by atoms with van der Waals surface area (Å²) in [4.78, 5) is 15.5. The largest absolute Gasteiger partial charge is 0.335 e. The topological polar surface area (TPSA) is 32.3 Å². The molecular weight excluding hydrogens is 268 g/mol. The summed E-state index contributed by atoms with van der Waals surface area (Å²) in [7, 11) is 1.88. The lowest BCUT2D eigenvalue weighted by Crippen LogP contribution is -2.41. The minimum absolute atomic E-state index is 0. The van der Waals surface area contributed by atoms with Gasteiger partial charge in [0.2, 0.25) is 5.91 Å². The molecule has 5 heteroatoms. The first-order chi connectivity index (χ1) is 8.06. The predicted molar refractivity (Wildman–Crippen MR) is 80.3 cm³/mol. The van der Waals surface area contributed by atoms with E-state index in [1.807, 2.05) is 24.9 Å². The van der Waals surface area contributed by atoms with Crippen LogP contribution in [0.4, 0.5) is 0 Å². The van der Waals surface area contributed by atoms with Crippen molar-refractivity contribution in [3.05, 3.63) is 22.4 Å². The second kappa shape index (κ2) is 8.51. The van der Waals surface area contributed by atoms with Gasteiger partial charge in [0.15, 0.2) is 0 Å². The molecule has 0 spiro atoms. The molecule has 0 aromatic carbocycles. The van der Waals surface area contributed by atoms with E-state index >= 15 is 0 Å². The van der Waals surface area contributed by atoms with Crippen LogP contribution in [0.1, 0.15) is 25.6 Å². The van der Waals surface area contributed by atoms with Gasteiger partial charge in [-0.05, 0) is 32.3 Å². The lowest BCUT2D eigenvalue weighted by molar-refractivity contribution is -0.137. The monoisotopic (exact) mass is 290 g/mol. The van der Waals surface area contributed by atoms with Crippen molar-refractivity contribution in [1.29, 1.82) is 0 Å². The van der Waals surface area contributed by atoms with Crippen molar-refractivity contribution < 1.29 is 4.79 Å². The quantitative estimate of drug-likeness (QED) is 0.874. The molecule has 1 heterocycles. The highest BCUT2D eigenvalue weighted by Crippen LogP contribution is 2.16. The minimum Gasteiger partial charge on any atom is -0.335 e. The van der Waals surface area contributed by atoms with Crippen LogP contribution in [0.3, 0.4) is 0 Å². The number of thiophene rings is 1. The third-order valence-electron chi connectivity index (χ3n) is 2.74. The smallest absolute Gasteiger partial charge is 0.227 e. The Balaban J connectivity index is 0.00000289. The summed E-state index contributed by atoms with van der Waals surface area (Å²) >= 11 is 1.70. The van der Waals surface area contributed by atoms with Gasteiger partial charge in [-0.25, -0.2) is 0 Å². The second-order valence-electron chi connectivity index (χ2n) is 4.60. The van der Waals surface area contributed by atoms with Crippen LogP contribution in [0, 0.1) is 5.92 Å². The van der Waals surface area contributed by atoms with Gasteiger partial charge < -0.3 is 10.2 Å². The molecule has 3 nitrogen and oxygen atoms in total. The van der Waals surface area contributed by atoms with Crippen molar-refractivity contribution in [2.45, 2.75) is 33.4 Å². The summed E-state index contributed by atoms with van der Waals surface area (Å²) in [6, 6.07) is 4.35. The molecular formula is C13H23ClN2OS. The van der Waals surface area contributed by atoms with Crippen LogP contribution in [-0.2, 0) is 11.3 Å². The summed E-state index contributed by atoms with van der Waals surface area (Å²) in [5.74, 6) is 0.255. The molecule has 18 heavy (non-hydrogen) atoms. The molecule has 0 fully saturated rings. The average molecular weight is 291 g/mol. The Morgan fingerprint density at radius 1 is 1.44 bits per heavy atom. The zero-order valence-electron chi connectivity index (χ0n) is 11.5. The highest BCUT2D eigenvalue weighted by molar-refractivity contribution is 7.09. The highest BCUT2D eigenvalue weighted by Gasteiger charge is 2.22. The number of hydrogen-bond acceptors (Lipinski definition) is 3. The number of carbonyl (C=O) groups is 1. The van der Waals surface area contributed by atoms with E-state index < -0.39 is 0 Å². The summed E-state index contributed by atoms with van der Waals surface area (Å²) < 4.78 is 0. The van der Waals surface area contributed by atoms with Crippen molar-refractivity contribution in [3.8, 4) is 0 Å². The van der Waals surface area contributed by atoms with E-state index in [0.717, 1.165) is 13.1 Å².